The molecule has 34 heavy (non-hydrogen) atoms. The number of nitrogens with zero attached hydrogens (tertiary/aromatic N) is 4. The number of nitriles is 1. The number of rotatable bonds is 5. The summed E-state index contributed by atoms with van der Waals surface area (Å²) < 4.78 is 30.9. The van der Waals surface area contributed by atoms with Gasteiger partial charge in [0.25, 0.3) is 10.0 Å². The summed E-state index contributed by atoms with van der Waals surface area (Å²) in [5.41, 5.74) is 3.03. The molecule has 1 atom stereocenters. The maximum atomic E-state index is 13.3. The molecule has 0 aliphatic rings. The highest BCUT2D eigenvalue weighted by Crippen LogP contribution is 2.35. The molecule has 0 spiro atoms. The molecule has 2 heterocycles. The summed E-state index contributed by atoms with van der Waals surface area (Å²) in [5, 5.41) is 10.5. The first kappa shape index (κ1) is 21.9. The molecule has 1 N–H and O–H groups in total. The number of fused-ring (bicyclic) bond motifs is 2. The number of nitrogens with one attached hydrogen (secondary N) is 1. The molecule has 3 aromatic carbocycles. The van der Waals surface area contributed by atoms with Gasteiger partial charge in [0.1, 0.15) is 23.0 Å². The Kier molecular flexibility index (Phi) is 5.44. The fraction of sp³-hybridized carbons (Fsp3) is 0.0800. The minimum atomic E-state index is -4.03. The number of benzene rings is 3. The number of hydrogen-bond donors (Lipinski definition) is 1. The second-order valence-electron chi connectivity index (χ2n) is 7.74. The van der Waals surface area contributed by atoms with Crippen molar-refractivity contribution in [3.63, 3.8) is 0 Å². The van der Waals surface area contributed by atoms with Crippen LogP contribution in [0.2, 0.25) is 5.02 Å². The van der Waals surface area contributed by atoms with E-state index in [9.17, 15) is 13.7 Å². The van der Waals surface area contributed by atoms with Crippen LogP contribution in [-0.4, -0.2) is 23.0 Å². The number of hydrogen-bond acceptors (Lipinski definition) is 5. The van der Waals surface area contributed by atoms with E-state index in [4.69, 9.17) is 16.6 Å². The Morgan fingerprint density at radius 3 is 2.21 bits per heavy atom. The molecule has 5 aromatic rings. The van der Waals surface area contributed by atoms with E-state index in [1.807, 2.05) is 55.5 Å². The summed E-state index contributed by atoms with van der Waals surface area (Å²) in [6.45, 7) is 1.92. The van der Waals surface area contributed by atoms with Crippen LogP contribution in [-0.2, 0) is 10.0 Å². The summed E-state index contributed by atoms with van der Waals surface area (Å²) in [5.74, 6) is 0.110. The van der Waals surface area contributed by atoms with Crippen molar-refractivity contribution in [1.82, 2.24) is 14.5 Å². The first-order chi connectivity index (χ1) is 16.4. The maximum Gasteiger partial charge on any atom is 0.263 e. The largest absolute Gasteiger partial charge is 0.302 e. The highest BCUT2D eigenvalue weighted by molar-refractivity contribution is 7.92. The topological polar surface area (TPSA) is 101 Å². The van der Waals surface area contributed by atoms with E-state index in [0.29, 0.717) is 27.2 Å². The molecule has 0 radical (unpaired) electrons. The predicted octanol–water partition coefficient (Wildman–Crippen LogP) is 5.52. The van der Waals surface area contributed by atoms with Gasteiger partial charge in [-0.25, -0.2) is 18.4 Å². The molecule has 0 aliphatic heterocycles. The Bertz CT molecular complexity index is 1670. The summed E-state index contributed by atoms with van der Waals surface area (Å²) in [7, 11) is -4.03. The van der Waals surface area contributed by atoms with Crippen LogP contribution in [0, 0.1) is 11.3 Å². The van der Waals surface area contributed by atoms with Gasteiger partial charge in [-0.3, -0.25) is 4.72 Å². The highest BCUT2D eigenvalue weighted by Gasteiger charge is 2.28. The fourth-order valence-corrected chi connectivity index (χ4v) is 5.12. The standard InChI is InChI=1S/C25H18ClN5O2S/c1-16(17-7-3-2-4-8-17)31-24(30-34(32,33)19-13-11-18(26)12-14-19)20(15-27)23-25(31)29-22-10-6-5-9-21(22)28-23/h2-14,16,30H,1H3/t16-/m0/s1. The van der Waals surface area contributed by atoms with E-state index < -0.39 is 10.0 Å². The summed E-state index contributed by atoms with van der Waals surface area (Å²) in [6.07, 6.45) is 0. The zero-order valence-electron chi connectivity index (χ0n) is 18.0. The van der Waals surface area contributed by atoms with Gasteiger partial charge in [-0.15, -0.1) is 0 Å². The van der Waals surface area contributed by atoms with E-state index in [1.54, 1.807) is 10.6 Å². The van der Waals surface area contributed by atoms with Gasteiger partial charge >= 0.3 is 0 Å². The van der Waals surface area contributed by atoms with Gasteiger partial charge in [-0.05, 0) is 48.9 Å². The predicted molar refractivity (Wildman–Crippen MR) is 132 cm³/mol. The van der Waals surface area contributed by atoms with E-state index >= 15 is 0 Å². The van der Waals surface area contributed by atoms with Gasteiger partial charge in [0, 0.05) is 5.02 Å². The summed E-state index contributed by atoms with van der Waals surface area (Å²) in [6, 6.07) is 24.5. The van der Waals surface area contributed by atoms with Crippen LogP contribution in [0.25, 0.3) is 22.2 Å². The number of aromatic nitrogens is 3. The quantitative estimate of drug-likeness (QED) is 0.351. The van der Waals surface area contributed by atoms with E-state index in [0.717, 1.165) is 5.56 Å². The van der Waals surface area contributed by atoms with Crippen molar-refractivity contribution in [3.05, 3.63) is 95.0 Å². The van der Waals surface area contributed by atoms with Crippen molar-refractivity contribution in [2.45, 2.75) is 17.9 Å². The maximum absolute atomic E-state index is 13.3. The average Bonchev–Trinajstić information content (AvgIpc) is 3.13. The third kappa shape index (κ3) is 3.75. The zero-order valence-corrected chi connectivity index (χ0v) is 19.5. The third-order valence-electron chi connectivity index (χ3n) is 5.63. The van der Waals surface area contributed by atoms with Gasteiger partial charge < -0.3 is 4.57 Å². The first-order valence-corrected chi connectivity index (χ1v) is 12.3. The SMILES string of the molecule is C[C@@H](c1ccccc1)n1c(NS(=O)(=O)c2ccc(Cl)cc2)c(C#N)c2nc3ccccc3nc21. The van der Waals surface area contributed by atoms with Crippen LogP contribution in [0.5, 0.6) is 0 Å². The lowest BCUT2D eigenvalue weighted by Crippen LogP contribution is -2.19. The van der Waals surface area contributed by atoms with Gasteiger partial charge in [-0.2, -0.15) is 5.26 Å². The molecule has 9 heteroatoms. The lowest BCUT2D eigenvalue weighted by atomic mass is 10.1. The van der Waals surface area contributed by atoms with Gasteiger partial charge in [0.15, 0.2) is 5.65 Å². The highest BCUT2D eigenvalue weighted by atomic mass is 35.5. The molecule has 0 saturated heterocycles. The minimum absolute atomic E-state index is 0.0241. The Hall–Kier alpha value is -3.93. The Balaban J connectivity index is 1.79. The Morgan fingerprint density at radius 2 is 1.56 bits per heavy atom. The van der Waals surface area contributed by atoms with Crippen LogP contribution in [0.15, 0.2) is 83.8 Å². The molecular formula is C25H18ClN5O2S. The van der Waals surface area contributed by atoms with Crippen LogP contribution in [0.1, 0.15) is 24.1 Å². The van der Waals surface area contributed by atoms with Crippen LogP contribution in [0.4, 0.5) is 5.82 Å². The smallest absolute Gasteiger partial charge is 0.263 e. The molecule has 0 bridgehead atoms. The molecular weight excluding hydrogens is 470 g/mol. The van der Waals surface area contributed by atoms with Gasteiger partial charge in [0.05, 0.1) is 22.0 Å². The second kappa shape index (κ2) is 8.45. The van der Waals surface area contributed by atoms with Crippen LogP contribution in [0.3, 0.4) is 0 Å². The number of para-hydroxylation sites is 2. The van der Waals surface area contributed by atoms with Crippen molar-refractivity contribution in [2.75, 3.05) is 4.72 Å². The molecule has 168 valence electrons. The average molecular weight is 488 g/mol. The fourth-order valence-electron chi connectivity index (χ4n) is 3.93. The number of sulfonamides is 1. The number of anilines is 1. The number of halogens is 1. The van der Waals surface area contributed by atoms with E-state index in [1.165, 1.54) is 24.3 Å². The van der Waals surface area contributed by atoms with Gasteiger partial charge in [-0.1, -0.05) is 54.1 Å². The summed E-state index contributed by atoms with van der Waals surface area (Å²) >= 11 is 5.93. The Morgan fingerprint density at radius 1 is 0.941 bits per heavy atom. The first-order valence-electron chi connectivity index (χ1n) is 10.4. The van der Waals surface area contributed by atoms with E-state index in [-0.39, 0.29) is 22.3 Å². The minimum Gasteiger partial charge on any atom is -0.302 e. The second-order valence-corrected chi connectivity index (χ2v) is 9.85. The van der Waals surface area contributed by atoms with Crippen molar-refractivity contribution in [2.24, 2.45) is 0 Å². The molecule has 0 fully saturated rings. The lowest BCUT2D eigenvalue weighted by molar-refractivity contribution is 0.599. The third-order valence-corrected chi connectivity index (χ3v) is 7.24. The van der Waals surface area contributed by atoms with Crippen molar-refractivity contribution in [1.29, 1.82) is 5.26 Å². The zero-order chi connectivity index (χ0) is 23.9. The molecule has 5 rings (SSSR count). The summed E-state index contributed by atoms with van der Waals surface area (Å²) in [4.78, 5) is 9.45. The van der Waals surface area contributed by atoms with Gasteiger partial charge in [0.2, 0.25) is 0 Å². The van der Waals surface area contributed by atoms with Crippen molar-refractivity contribution < 1.29 is 8.42 Å². The Labute approximate surface area is 201 Å². The van der Waals surface area contributed by atoms with E-state index in [2.05, 4.69) is 15.8 Å². The monoisotopic (exact) mass is 487 g/mol. The molecule has 0 unspecified atom stereocenters. The van der Waals surface area contributed by atoms with Crippen molar-refractivity contribution >= 4 is 49.6 Å². The van der Waals surface area contributed by atoms with Crippen molar-refractivity contribution in [3.8, 4) is 6.07 Å². The van der Waals surface area contributed by atoms with Crippen LogP contribution >= 0.6 is 11.6 Å². The molecule has 2 aromatic heterocycles. The normalized spacial score (nSPS) is 12.5. The molecule has 0 saturated carbocycles. The lowest BCUT2D eigenvalue weighted by Gasteiger charge is -2.19. The molecule has 0 amide bonds. The van der Waals surface area contributed by atoms with Crippen LogP contribution < -0.4 is 4.72 Å². The molecule has 0 aliphatic carbocycles. The molecule has 7 nitrogen and oxygen atoms in total.